The monoisotopic (exact) mass is 477 g/mol. The minimum atomic E-state index is -0.428. The number of aromatic nitrogens is 1. The molecule has 4 aromatic rings. The zero-order valence-corrected chi connectivity index (χ0v) is 19.9. The Balaban J connectivity index is 1.49. The van der Waals surface area contributed by atoms with Crippen molar-refractivity contribution >= 4 is 40.0 Å². The van der Waals surface area contributed by atoms with Crippen molar-refractivity contribution in [2.45, 2.75) is 6.92 Å². The van der Waals surface area contributed by atoms with Gasteiger partial charge in [0, 0.05) is 16.8 Å². The Bertz CT molecular complexity index is 1360. The van der Waals surface area contributed by atoms with E-state index in [4.69, 9.17) is 30.8 Å². The van der Waals surface area contributed by atoms with Gasteiger partial charge in [-0.1, -0.05) is 12.1 Å². The first kappa shape index (κ1) is 23.1. The van der Waals surface area contributed by atoms with Gasteiger partial charge in [-0.05, 0) is 67.2 Å². The van der Waals surface area contributed by atoms with Gasteiger partial charge in [-0.2, -0.15) is 0 Å². The van der Waals surface area contributed by atoms with Crippen LogP contribution >= 0.6 is 12.2 Å². The molecule has 0 radical (unpaired) electrons. The van der Waals surface area contributed by atoms with E-state index in [1.807, 2.05) is 49.4 Å². The molecule has 174 valence electrons. The number of aryl methyl sites for hydroxylation is 1. The molecule has 0 aliphatic carbocycles. The van der Waals surface area contributed by atoms with Crippen LogP contribution in [0.5, 0.6) is 17.2 Å². The molecule has 0 aliphatic rings. The smallest absolute Gasteiger partial charge is 0.257 e. The summed E-state index contributed by atoms with van der Waals surface area (Å²) in [4.78, 5) is 17.3. The van der Waals surface area contributed by atoms with Gasteiger partial charge in [0.1, 0.15) is 5.52 Å². The Morgan fingerprint density at radius 3 is 2.38 bits per heavy atom. The number of nitrogens with one attached hydrogen (secondary N) is 2. The fraction of sp³-hybridized carbons (Fsp3) is 0.160. The molecule has 0 bridgehead atoms. The number of amides is 1. The molecule has 1 aromatic heterocycles. The van der Waals surface area contributed by atoms with E-state index in [0.717, 1.165) is 16.6 Å². The Kier molecular flexibility index (Phi) is 6.65. The van der Waals surface area contributed by atoms with Gasteiger partial charge in [0.05, 0.1) is 21.3 Å². The van der Waals surface area contributed by atoms with E-state index in [1.54, 1.807) is 12.1 Å². The molecule has 0 saturated carbocycles. The van der Waals surface area contributed by atoms with Crippen molar-refractivity contribution in [1.29, 1.82) is 0 Å². The van der Waals surface area contributed by atoms with Crippen LogP contribution in [0.15, 0.2) is 59.0 Å². The number of carbonyl (C=O) groups is 1. The minimum absolute atomic E-state index is 0.129. The van der Waals surface area contributed by atoms with E-state index in [2.05, 4.69) is 15.6 Å². The van der Waals surface area contributed by atoms with Crippen molar-refractivity contribution in [2.24, 2.45) is 0 Å². The highest BCUT2D eigenvalue weighted by atomic mass is 32.1. The fourth-order valence-corrected chi connectivity index (χ4v) is 3.65. The number of fused-ring (bicyclic) bond motifs is 1. The zero-order chi connectivity index (χ0) is 24.2. The molecule has 8 nitrogen and oxygen atoms in total. The number of hydrogen-bond donors (Lipinski definition) is 2. The van der Waals surface area contributed by atoms with Gasteiger partial charge in [0.15, 0.2) is 22.2 Å². The first-order valence-corrected chi connectivity index (χ1v) is 10.7. The second-order valence-corrected chi connectivity index (χ2v) is 7.80. The summed E-state index contributed by atoms with van der Waals surface area (Å²) < 4.78 is 21.8. The number of benzene rings is 3. The van der Waals surface area contributed by atoms with E-state index in [0.29, 0.717) is 40.0 Å². The fourth-order valence-electron chi connectivity index (χ4n) is 3.44. The zero-order valence-electron chi connectivity index (χ0n) is 19.1. The van der Waals surface area contributed by atoms with E-state index in [9.17, 15) is 4.79 Å². The van der Waals surface area contributed by atoms with Crippen molar-refractivity contribution in [1.82, 2.24) is 10.3 Å². The largest absolute Gasteiger partial charge is 0.493 e. The molecule has 0 aliphatic heterocycles. The van der Waals surface area contributed by atoms with Crippen LogP contribution in [0.1, 0.15) is 15.9 Å². The molecule has 3 aromatic carbocycles. The van der Waals surface area contributed by atoms with Crippen molar-refractivity contribution in [3.63, 3.8) is 0 Å². The first-order chi connectivity index (χ1) is 16.4. The van der Waals surface area contributed by atoms with Gasteiger partial charge >= 0.3 is 0 Å². The third-order valence-electron chi connectivity index (χ3n) is 5.06. The first-order valence-electron chi connectivity index (χ1n) is 10.3. The van der Waals surface area contributed by atoms with E-state index < -0.39 is 5.91 Å². The van der Waals surface area contributed by atoms with Crippen LogP contribution < -0.4 is 24.8 Å². The predicted molar refractivity (Wildman–Crippen MR) is 134 cm³/mol. The lowest BCUT2D eigenvalue weighted by Crippen LogP contribution is -2.34. The van der Waals surface area contributed by atoms with Crippen molar-refractivity contribution in [3.05, 3.63) is 65.7 Å². The molecule has 0 fully saturated rings. The maximum Gasteiger partial charge on any atom is 0.257 e. The van der Waals surface area contributed by atoms with E-state index >= 15 is 0 Å². The topological polar surface area (TPSA) is 94.9 Å². The average molecular weight is 478 g/mol. The quantitative estimate of drug-likeness (QED) is 0.377. The number of carbonyl (C=O) groups excluding carboxylic acids is 1. The minimum Gasteiger partial charge on any atom is -0.493 e. The molecule has 9 heteroatoms. The van der Waals surface area contributed by atoms with Crippen LogP contribution in [0, 0.1) is 6.92 Å². The highest BCUT2D eigenvalue weighted by molar-refractivity contribution is 7.80. The van der Waals surface area contributed by atoms with Crippen LogP contribution in [0.3, 0.4) is 0 Å². The molecular formula is C25H23N3O5S. The molecule has 1 amide bonds. The predicted octanol–water partition coefficient (Wildman–Crippen LogP) is 4.96. The summed E-state index contributed by atoms with van der Waals surface area (Å²) in [7, 11) is 4.46. The van der Waals surface area contributed by atoms with Gasteiger partial charge in [-0.25, -0.2) is 4.98 Å². The lowest BCUT2D eigenvalue weighted by molar-refractivity contribution is 0.0977. The molecule has 1 heterocycles. The van der Waals surface area contributed by atoms with E-state index in [1.165, 1.54) is 21.3 Å². The molecule has 0 saturated heterocycles. The van der Waals surface area contributed by atoms with Gasteiger partial charge in [0.25, 0.3) is 5.91 Å². The highest BCUT2D eigenvalue weighted by Crippen LogP contribution is 2.38. The number of oxazole rings is 1. The Morgan fingerprint density at radius 2 is 1.71 bits per heavy atom. The van der Waals surface area contributed by atoms with Crippen molar-refractivity contribution < 1.29 is 23.4 Å². The van der Waals surface area contributed by atoms with Gasteiger partial charge < -0.3 is 23.9 Å². The molecule has 0 spiro atoms. The molecule has 4 rings (SSSR count). The lowest BCUT2D eigenvalue weighted by Gasteiger charge is -2.14. The summed E-state index contributed by atoms with van der Waals surface area (Å²) >= 11 is 5.34. The maximum atomic E-state index is 12.8. The molecule has 34 heavy (non-hydrogen) atoms. The normalized spacial score (nSPS) is 10.6. The summed E-state index contributed by atoms with van der Waals surface area (Å²) in [5, 5.41) is 5.81. The lowest BCUT2D eigenvalue weighted by atomic mass is 10.1. The van der Waals surface area contributed by atoms with E-state index in [-0.39, 0.29) is 5.11 Å². The number of nitrogens with zero attached hydrogens (tertiary/aromatic N) is 1. The van der Waals surface area contributed by atoms with Crippen LogP contribution in [-0.2, 0) is 0 Å². The average Bonchev–Trinajstić information content (AvgIpc) is 3.26. The van der Waals surface area contributed by atoms with Crippen LogP contribution in [0.25, 0.3) is 22.6 Å². The summed E-state index contributed by atoms with van der Waals surface area (Å²) in [5.41, 5.74) is 4.36. The SMILES string of the molecule is COc1cc(C(=O)NC(=S)Nc2cccc(-c3nc4cc(C)ccc4o3)c2)cc(OC)c1OC. The summed E-state index contributed by atoms with van der Waals surface area (Å²) in [6.45, 7) is 2.01. The Hall–Kier alpha value is -4.11. The van der Waals surface area contributed by atoms with Crippen LogP contribution in [0.2, 0.25) is 0 Å². The summed E-state index contributed by atoms with van der Waals surface area (Å²) in [6.07, 6.45) is 0. The molecular weight excluding hydrogens is 454 g/mol. The number of methoxy groups -OCH3 is 3. The van der Waals surface area contributed by atoms with Crippen molar-refractivity contribution in [3.8, 4) is 28.7 Å². The Morgan fingerprint density at radius 1 is 0.971 bits per heavy atom. The Labute approximate surface area is 201 Å². The van der Waals surface area contributed by atoms with Gasteiger partial charge in [0.2, 0.25) is 11.6 Å². The number of thiocarbonyl (C=S) groups is 1. The number of ether oxygens (including phenoxy) is 3. The molecule has 0 atom stereocenters. The second-order valence-electron chi connectivity index (χ2n) is 7.39. The highest BCUT2D eigenvalue weighted by Gasteiger charge is 2.18. The van der Waals surface area contributed by atoms with Crippen LogP contribution in [0.4, 0.5) is 5.69 Å². The number of anilines is 1. The third kappa shape index (κ3) is 4.79. The molecule has 2 N–H and O–H groups in total. The number of hydrogen-bond acceptors (Lipinski definition) is 7. The standard InChI is InChI=1S/C25H23N3O5S/c1-14-8-9-19-18(10-14)27-24(33-19)15-6-5-7-17(11-15)26-25(34)28-23(29)16-12-20(30-2)22(32-4)21(13-16)31-3/h5-13H,1-4H3,(H2,26,28,29,34). The summed E-state index contributed by atoms with van der Waals surface area (Å²) in [5.74, 6) is 1.20. The second kappa shape index (κ2) is 9.80. The maximum absolute atomic E-state index is 12.8. The third-order valence-corrected chi connectivity index (χ3v) is 5.27. The van der Waals surface area contributed by atoms with Crippen LogP contribution in [-0.4, -0.2) is 37.3 Å². The van der Waals surface area contributed by atoms with Gasteiger partial charge in [-0.3, -0.25) is 10.1 Å². The van der Waals surface area contributed by atoms with Crippen molar-refractivity contribution in [2.75, 3.05) is 26.6 Å². The number of rotatable bonds is 6. The van der Waals surface area contributed by atoms with Gasteiger partial charge in [-0.15, -0.1) is 0 Å². The molecule has 0 unspecified atom stereocenters. The summed E-state index contributed by atoms with van der Waals surface area (Å²) in [6, 6.07) is 16.4.